The van der Waals surface area contributed by atoms with Crippen molar-refractivity contribution in [1.82, 2.24) is 4.98 Å². The number of ether oxygens (including phenoxy) is 1. The summed E-state index contributed by atoms with van der Waals surface area (Å²) in [5, 5.41) is 3.92. The zero-order valence-corrected chi connectivity index (χ0v) is 13.5. The van der Waals surface area contributed by atoms with Gasteiger partial charge >= 0.3 is 5.97 Å². The number of nitrogens with zero attached hydrogens (tertiary/aromatic N) is 1. The lowest BCUT2D eigenvalue weighted by atomic mass is 10.0. The van der Waals surface area contributed by atoms with Crippen LogP contribution in [-0.4, -0.2) is 11.0 Å². The van der Waals surface area contributed by atoms with Crippen LogP contribution in [0.4, 0.5) is 5.82 Å². The van der Waals surface area contributed by atoms with Gasteiger partial charge in [-0.25, -0.2) is 4.98 Å². The summed E-state index contributed by atoms with van der Waals surface area (Å²) in [6, 6.07) is 21.1. The van der Waals surface area contributed by atoms with Gasteiger partial charge in [-0.2, -0.15) is 0 Å². The topological polar surface area (TPSA) is 65.2 Å². The van der Waals surface area contributed by atoms with Crippen LogP contribution in [0, 0.1) is 0 Å². The predicted octanol–water partition coefficient (Wildman–Crippen LogP) is 4.12. The van der Waals surface area contributed by atoms with Crippen molar-refractivity contribution < 1.29 is 9.53 Å². The van der Waals surface area contributed by atoms with Gasteiger partial charge in [0.1, 0.15) is 11.6 Å². The summed E-state index contributed by atoms with van der Waals surface area (Å²) in [6.45, 7) is 0. The fourth-order valence-corrected chi connectivity index (χ4v) is 3.01. The van der Waals surface area contributed by atoms with Gasteiger partial charge in [-0.1, -0.05) is 42.5 Å². The van der Waals surface area contributed by atoms with Crippen LogP contribution in [0.5, 0.6) is 5.75 Å². The van der Waals surface area contributed by atoms with E-state index < -0.39 is 0 Å². The molecule has 0 aliphatic carbocycles. The number of esters is 1. The van der Waals surface area contributed by atoms with E-state index in [2.05, 4.69) is 4.98 Å². The summed E-state index contributed by atoms with van der Waals surface area (Å²) in [7, 11) is 0. The zero-order valence-electron chi connectivity index (χ0n) is 13.5. The Balaban J connectivity index is 1.58. The predicted molar refractivity (Wildman–Crippen MR) is 99.4 cm³/mol. The van der Waals surface area contributed by atoms with E-state index in [0.29, 0.717) is 11.6 Å². The highest BCUT2D eigenvalue weighted by Crippen LogP contribution is 2.24. The van der Waals surface area contributed by atoms with Gasteiger partial charge in [-0.15, -0.1) is 0 Å². The molecule has 25 heavy (non-hydrogen) atoms. The van der Waals surface area contributed by atoms with Gasteiger partial charge in [0.05, 0.1) is 6.42 Å². The number of fused-ring (bicyclic) bond motifs is 2. The molecule has 4 nitrogen and oxygen atoms in total. The molecule has 0 atom stereocenters. The smallest absolute Gasteiger partial charge is 0.315 e. The summed E-state index contributed by atoms with van der Waals surface area (Å²) in [4.78, 5) is 16.4. The van der Waals surface area contributed by atoms with Crippen molar-refractivity contribution >= 4 is 33.3 Å². The number of nitrogens with two attached hydrogens (primary N) is 1. The van der Waals surface area contributed by atoms with Gasteiger partial charge in [0.2, 0.25) is 0 Å². The largest absolute Gasteiger partial charge is 0.426 e. The van der Waals surface area contributed by atoms with Crippen LogP contribution in [0.15, 0.2) is 72.9 Å². The molecular formula is C21H16N2O2. The first-order chi connectivity index (χ1) is 12.2. The molecule has 4 heteroatoms. The number of anilines is 1. The van der Waals surface area contributed by atoms with Crippen molar-refractivity contribution in [3.05, 3.63) is 78.5 Å². The highest BCUT2D eigenvalue weighted by Gasteiger charge is 2.10. The molecule has 122 valence electrons. The highest BCUT2D eigenvalue weighted by molar-refractivity contribution is 5.92. The molecule has 0 aliphatic rings. The minimum atomic E-state index is -0.294. The van der Waals surface area contributed by atoms with E-state index in [-0.39, 0.29) is 12.4 Å². The van der Waals surface area contributed by atoms with E-state index in [0.717, 1.165) is 27.1 Å². The molecule has 1 heterocycles. The second-order valence-electron chi connectivity index (χ2n) is 5.87. The number of hydrogen-bond donors (Lipinski definition) is 1. The molecule has 2 N–H and O–H groups in total. The van der Waals surface area contributed by atoms with Crippen molar-refractivity contribution in [1.29, 1.82) is 0 Å². The molecule has 4 rings (SSSR count). The van der Waals surface area contributed by atoms with E-state index in [9.17, 15) is 4.79 Å². The molecule has 0 fully saturated rings. The first kappa shape index (κ1) is 15.1. The molecule has 1 aromatic heterocycles. The van der Waals surface area contributed by atoms with Gasteiger partial charge in [-0.3, -0.25) is 4.79 Å². The lowest BCUT2D eigenvalue weighted by Crippen LogP contribution is -2.11. The third-order valence-corrected chi connectivity index (χ3v) is 4.21. The molecule has 0 saturated carbocycles. The Hall–Kier alpha value is -3.40. The minimum absolute atomic E-state index is 0.220. The van der Waals surface area contributed by atoms with E-state index in [4.69, 9.17) is 10.5 Å². The Morgan fingerprint density at radius 3 is 2.68 bits per heavy atom. The zero-order chi connectivity index (χ0) is 17.2. The van der Waals surface area contributed by atoms with Gasteiger partial charge in [0.15, 0.2) is 0 Å². The maximum atomic E-state index is 12.4. The molecule has 0 unspecified atom stereocenters. The number of carbonyl (C=O) groups is 1. The quantitative estimate of drug-likeness (QED) is 0.454. The molecular weight excluding hydrogens is 312 g/mol. The number of rotatable bonds is 3. The van der Waals surface area contributed by atoms with Gasteiger partial charge in [-0.05, 0) is 46.0 Å². The second-order valence-corrected chi connectivity index (χ2v) is 5.87. The van der Waals surface area contributed by atoms with Gasteiger partial charge < -0.3 is 10.5 Å². The molecule has 3 aromatic carbocycles. The van der Waals surface area contributed by atoms with Crippen LogP contribution in [0.25, 0.3) is 21.5 Å². The third-order valence-electron chi connectivity index (χ3n) is 4.21. The van der Waals surface area contributed by atoms with Crippen molar-refractivity contribution in [2.45, 2.75) is 6.42 Å². The fraction of sp³-hybridized carbons (Fsp3) is 0.0476. The van der Waals surface area contributed by atoms with Crippen molar-refractivity contribution in [2.24, 2.45) is 0 Å². The summed E-state index contributed by atoms with van der Waals surface area (Å²) < 4.78 is 5.52. The van der Waals surface area contributed by atoms with Crippen LogP contribution < -0.4 is 10.5 Å². The van der Waals surface area contributed by atoms with Gasteiger partial charge in [0.25, 0.3) is 0 Å². The number of carbonyl (C=O) groups excluding carboxylic acids is 1. The minimum Gasteiger partial charge on any atom is -0.426 e. The Kier molecular flexibility index (Phi) is 3.78. The number of nitrogen functional groups attached to an aromatic ring is 1. The van der Waals surface area contributed by atoms with E-state index in [1.807, 2.05) is 54.6 Å². The fourth-order valence-electron chi connectivity index (χ4n) is 3.01. The molecule has 0 saturated heterocycles. The van der Waals surface area contributed by atoms with E-state index in [1.165, 1.54) is 0 Å². The summed E-state index contributed by atoms with van der Waals surface area (Å²) in [6.07, 6.45) is 1.86. The van der Waals surface area contributed by atoms with Crippen molar-refractivity contribution in [3.63, 3.8) is 0 Å². The molecule has 0 spiro atoms. The summed E-state index contributed by atoms with van der Waals surface area (Å²) >= 11 is 0. The molecule has 0 radical (unpaired) electrons. The number of pyridine rings is 1. The van der Waals surface area contributed by atoms with Crippen molar-refractivity contribution in [2.75, 3.05) is 5.73 Å². The SMILES string of the molecule is Nc1nccc2cc(OC(=O)Cc3cccc4ccccc34)ccc12. The first-order valence-electron chi connectivity index (χ1n) is 8.02. The van der Waals surface area contributed by atoms with Gasteiger partial charge in [0, 0.05) is 11.6 Å². The lowest BCUT2D eigenvalue weighted by molar-refractivity contribution is -0.133. The second kappa shape index (κ2) is 6.24. The number of benzene rings is 3. The molecule has 0 bridgehead atoms. The Labute approximate surface area is 144 Å². The first-order valence-corrected chi connectivity index (χ1v) is 8.02. The van der Waals surface area contributed by atoms with Crippen LogP contribution in [-0.2, 0) is 11.2 Å². The third kappa shape index (κ3) is 3.02. The van der Waals surface area contributed by atoms with E-state index in [1.54, 1.807) is 18.3 Å². The lowest BCUT2D eigenvalue weighted by Gasteiger charge is -2.08. The Morgan fingerprint density at radius 2 is 1.76 bits per heavy atom. The average molecular weight is 328 g/mol. The maximum absolute atomic E-state index is 12.4. The maximum Gasteiger partial charge on any atom is 0.315 e. The highest BCUT2D eigenvalue weighted by atomic mass is 16.5. The molecule has 0 aliphatic heterocycles. The van der Waals surface area contributed by atoms with E-state index >= 15 is 0 Å². The average Bonchev–Trinajstić information content (AvgIpc) is 2.62. The number of hydrogen-bond acceptors (Lipinski definition) is 4. The van der Waals surface area contributed by atoms with Crippen LogP contribution >= 0.6 is 0 Å². The van der Waals surface area contributed by atoms with Crippen LogP contribution in [0.3, 0.4) is 0 Å². The normalized spacial score (nSPS) is 10.9. The number of aromatic nitrogens is 1. The molecule has 0 amide bonds. The van der Waals surface area contributed by atoms with Crippen LogP contribution in [0.1, 0.15) is 5.56 Å². The van der Waals surface area contributed by atoms with Crippen molar-refractivity contribution in [3.8, 4) is 5.75 Å². The Bertz CT molecular complexity index is 1080. The molecule has 4 aromatic rings. The Morgan fingerprint density at radius 1 is 0.920 bits per heavy atom. The monoisotopic (exact) mass is 328 g/mol. The summed E-state index contributed by atoms with van der Waals surface area (Å²) in [5.41, 5.74) is 6.80. The summed E-state index contributed by atoms with van der Waals surface area (Å²) in [5.74, 6) is 0.673. The standard InChI is InChI=1S/C21H16N2O2/c22-21-19-9-8-17(12-16(19)10-11-23-21)25-20(24)13-15-6-3-5-14-4-1-2-7-18(14)15/h1-12H,13H2,(H2,22,23). The van der Waals surface area contributed by atoms with Crippen LogP contribution in [0.2, 0.25) is 0 Å².